The fourth-order valence-corrected chi connectivity index (χ4v) is 0.562. The van der Waals surface area contributed by atoms with Crippen LogP contribution in [0, 0.1) is 6.92 Å². The van der Waals surface area contributed by atoms with E-state index in [1.54, 1.807) is 0 Å². The molecule has 1 heterocycles. The van der Waals surface area contributed by atoms with Crippen molar-refractivity contribution in [2.45, 2.75) is 12.8 Å². The molecule has 0 spiro atoms. The number of hydrogen-bond donors (Lipinski definition) is 0. The average Bonchev–Trinajstić information content (AvgIpc) is 1.86. The lowest BCUT2D eigenvalue weighted by molar-refractivity contribution is 0.951. The molecule has 6 heavy (non-hydrogen) atoms. The second-order valence-corrected chi connectivity index (χ2v) is 1.48. The van der Waals surface area contributed by atoms with Gasteiger partial charge in [-0.25, -0.2) is 0 Å². The molecular formula is C5H7N. The maximum absolute atomic E-state index is 5.28. The van der Waals surface area contributed by atoms with E-state index in [2.05, 4.69) is 4.99 Å². The summed E-state index contributed by atoms with van der Waals surface area (Å²) in [6.07, 6.45) is 2.17. The van der Waals surface area contributed by atoms with Crippen molar-refractivity contribution >= 4 is 5.71 Å². The first-order valence-electron chi connectivity index (χ1n) is 2.18. The summed E-state index contributed by atoms with van der Waals surface area (Å²) in [5.74, 6) is 0. The van der Waals surface area contributed by atoms with Crippen molar-refractivity contribution in [3.8, 4) is 0 Å². The highest BCUT2D eigenvalue weighted by Gasteiger charge is 1.96. The summed E-state index contributed by atoms with van der Waals surface area (Å²) in [4.78, 5) is 3.93. The SMILES string of the molecule is [CH]C1=NCCC1. The molecule has 0 aliphatic carbocycles. The molecule has 0 aromatic carbocycles. The minimum Gasteiger partial charge on any atom is -0.294 e. The average molecular weight is 81.1 g/mol. The molecule has 1 aliphatic heterocycles. The standard InChI is InChI=1S/C5H7N/c1-5-3-2-4-6-5/h1H,2-4H2. The second-order valence-electron chi connectivity index (χ2n) is 1.48. The topological polar surface area (TPSA) is 12.4 Å². The van der Waals surface area contributed by atoms with Crippen molar-refractivity contribution in [3.63, 3.8) is 0 Å². The van der Waals surface area contributed by atoms with E-state index in [9.17, 15) is 0 Å². The Morgan fingerprint density at radius 1 is 1.67 bits per heavy atom. The first-order valence-corrected chi connectivity index (χ1v) is 2.18. The Bertz CT molecular complexity index is 74.0. The maximum Gasteiger partial charge on any atom is 0.0392 e. The summed E-state index contributed by atoms with van der Waals surface area (Å²) in [6.45, 7) is 6.23. The van der Waals surface area contributed by atoms with Crippen LogP contribution < -0.4 is 0 Å². The Morgan fingerprint density at radius 3 is 2.67 bits per heavy atom. The predicted octanol–water partition coefficient (Wildman–Crippen LogP) is 0.932. The number of hydrogen-bond acceptors (Lipinski definition) is 1. The van der Waals surface area contributed by atoms with E-state index in [4.69, 9.17) is 6.92 Å². The van der Waals surface area contributed by atoms with Gasteiger partial charge in [-0.15, -0.1) is 0 Å². The number of rotatable bonds is 0. The minimum atomic E-state index is 0.829. The molecule has 0 saturated heterocycles. The van der Waals surface area contributed by atoms with Gasteiger partial charge in [-0.1, -0.05) is 0 Å². The van der Waals surface area contributed by atoms with E-state index >= 15 is 0 Å². The molecule has 0 aromatic rings. The van der Waals surface area contributed by atoms with Crippen LogP contribution in [0.25, 0.3) is 0 Å². The molecule has 1 aliphatic rings. The van der Waals surface area contributed by atoms with E-state index in [0.717, 1.165) is 25.1 Å². The van der Waals surface area contributed by atoms with Gasteiger partial charge in [-0.3, -0.25) is 4.99 Å². The molecule has 32 valence electrons. The number of nitrogens with zero attached hydrogens (tertiary/aromatic N) is 1. The second kappa shape index (κ2) is 1.41. The van der Waals surface area contributed by atoms with Crippen molar-refractivity contribution in [3.05, 3.63) is 6.92 Å². The minimum absolute atomic E-state index is 0.829. The quantitative estimate of drug-likeness (QED) is 0.411. The van der Waals surface area contributed by atoms with Gasteiger partial charge in [0.05, 0.1) is 0 Å². The Kier molecular flexibility index (Phi) is 0.906. The molecule has 1 heteroatoms. The predicted molar refractivity (Wildman–Crippen MR) is 25.8 cm³/mol. The van der Waals surface area contributed by atoms with Crippen LogP contribution in [0.4, 0.5) is 0 Å². The summed E-state index contributed by atoms with van der Waals surface area (Å²) in [5, 5.41) is 0. The van der Waals surface area contributed by atoms with Crippen LogP contribution in [-0.4, -0.2) is 12.3 Å². The van der Waals surface area contributed by atoms with Gasteiger partial charge in [0.2, 0.25) is 0 Å². The third kappa shape index (κ3) is 0.588. The maximum atomic E-state index is 5.28. The van der Waals surface area contributed by atoms with Gasteiger partial charge in [0, 0.05) is 19.2 Å². The Balaban J connectivity index is 2.45. The molecule has 1 nitrogen and oxygen atoms in total. The first-order chi connectivity index (χ1) is 2.89. The van der Waals surface area contributed by atoms with Gasteiger partial charge < -0.3 is 0 Å². The van der Waals surface area contributed by atoms with Crippen LogP contribution in [-0.2, 0) is 0 Å². The highest BCUT2D eigenvalue weighted by molar-refractivity contribution is 5.89. The molecular weight excluding hydrogens is 74.1 g/mol. The molecule has 0 amide bonds. The normalized spacial score (nSPS) is 21.2. The van der Waals surface area contributed by atoms with Gasteiger partial charge >= 0.3 is 0 Å². The van der Waals surface area contributed by atoms with Crippen molar-refractivity contribution in [2.24, 2.45) is 4.99 Å². The van der Waals surface area contributed by atoms with Crippen LogP contribution >= 0.6 is 0 Å². The van der Waals surface area contributed by atoms with Gasteiger partial charge in [-0.05, 0) is 12.8 Å². The van der Waals surface area contributed by atoms with Crippen molar-refractivity contribution in [1.82, 2.24) is 0 Å². The van der Waals surface area contributed by atoms with Crippen molar-refractivity contribution < 1.29 is 0 Å². The summed E-state index contributed by atoms with van der Waals surface area (Å²) in [5.41, 5.74) is 0.829. The van der Waals surface area contributed by atoms with E-state index in [0.29, 0.717) is 0 Å². The number of aliphatic imine (C=N–C) groups is 1. The van der Waals surface area contributed by atoms with E-state index < -0.39 is 0 Å². The summed E-state index contributed by atoms with van der Waals surface area (Å²) < 4.78 is 0. The molecule has 1 rings (SSSR count). The summed E-state index contributed by atoms with van der Waals surface area (Å²) in [6, 6.07) is 0. The van der Waals surface area contributed by atoms with E-state index in [-0.39, 0.29) is 0 Å². The lowest BCUT2D eigenvalue weighted by atomic mass is 10.3. The zero-order valence-corrected chi connectivity index (χ0v) is 3.65. The molecule has 0 atom stereocenters. The van der Waals surface area contributed by atoms with Crippen molar-refractivity contribution in [1.29, 1.82) is 0 Å². The molecule has 2 radical (unpaired) electrons. The first kappa shape index (κ1) is 3.85. The third-order valence-corrected chi connectivity index (χ3v) is 0.906. The van der Waals surface area contributed by atoms with Gasteiger partial charge in [0.1, 0.15) is 0 Å². The fraction of sp³-hybridized carbons (Fsp3) is 0.600. The summed E-state index contributed by atoms with van der Waals surface area (Å²) in [7, 11) is 0. The zero-order chi connectivity index (χ0) is 4.41. The van der Waals surface area contributed by atoms with E-state index in [1.807, 2.05) is 0 Å². The smallest absolute Gasteiger partial charge is 0.0392 e. The Labute approximate surface area is 38.1 Å². The Morgan fingerprint density at radius 2 is 2.50 bits per heavy atom. The lowest BCUT2D eigenvalue weighted by Crippen LogP contribution is -1.78. The van der Waals surface area contributed by atoms with Crippen LogP contribution in [0.15, 0.2) is 4.99 Å². The van der Waals surface area contributed by atoms with Gasteiger partial charge in [0.25, 0.3) is 0 Å². The largest absolute Gasteiger partial charge is 0.294 e. The van der Waals surface area contributed by atoms with Crippen LogP contribution in [0.1, 0.15) is 12.8 Å². The highest BCUT2D eigenvalue weighted by atomic mass is 14.7. The van der Waals surface area contributed by atoms with Crippen LogP contribution in [0.3, 0.4) is 0 Å². The lowest BCUT2D eigenvalue weighted by Gasteiger charge is -1.75. The monoisotopic (exact) mass is 81.1 g/mol. The van der Waals surface area contributed by atoms with E-state index in [1.165, 1.54) is 0 Å². The Hall–Kier alpha value is -0.330. The van der Waals surface area contributed by atoms with Gasteiger partial charge in [0.15, 0.2) is 0 Å². The molecule has 0 N–H and O–H groups in total. The third-order valence-electron chi connectivity index (χ3n) is 0.906. The van der Waals surface area contributed by atoms with Crippen molar-refractivity contribution in [2.75, 3.05) is 6.54 Å². The highest BCUT2D eigenvalue weighted by Crippen LogP contribution is 2.00. The van der Waals surface area contributed by atoms with Crippen LogP contribution in [0.5, 0.6) is 0 Å². The summed E-state index contributed by atoms with van der Waals surface area (Å²) >= 11 is 0. The molecule has 0 saturated carbocycles. The molecule has 0 fully saturated rings. The van der Waals surface area contributed by atoms with Crippen LogP contribution in [0.2, 0.25) is 0 Å². The molecule has 0 unspecified atom stereocenters. The fourth-order valence-electron chi connectivity index (χ4n) is 0.562. The van der Waals surface area contributed by atoms with Gasteiger partial charge in [-0.2, -0.15) is 0 Å². The zero-order valence-electron chi connectivity index (χ0n) is 3.65. The molecule has 0 bridgehead atoms. The molecule has 0 aromatic heterocycles.